The predicted octanol–water partition coefficient (Wildman–Crippen LogP) is 0.728. The molecule has 0 spiro atoms. The second-order valence-electron chi connectivity index (χ2n) is 5.06. The highest BCUT2D eigenvalue weighted by Gasteiger charge is 2.27. The molecule has 2 unspecified atom stereocenters. The van der Waals surface area contributed by atoms with Crippen molar-refractivity contribution >= 4 is 11.6 Å². The standard InChI is InChI=1S/C13H16N6O/c14-10-2-1-9(7-10)13(20)16-11-3-5-12(6-4-11)19-8-15-17-18-19/h3-6,8-10H,1-2,7,14H2,(H,16,20). The number of nitrogens with two attached hydrogens (primary N) is 1. The number of nitrogens with zero attached hydrogens (tertiary/aromatic N) is 4. The van der Waals surface area contributed by atoms with Crippen LogP contribution in [0.15, 0.2) is 30.6 Å². The molecule has 0 radical (unpaired) electrons. The van der Waals surface area contributed by atoms with Gasteiger partial charge in [-0.3, -0.25) is 4.79 Å². The van der Waals surface area contributed by atoms with Gasteiger partial charge in [-0.2, -0.15) is 0 Å². The zero-order valence-corrected chi connectivity index (χ0v) is 10.9. The van der Waals surface area contributed by atoms with E-state index in [-0.39, 0.29) is 17.9 Å². The monoisotopic (exact) mass is 272 g/mol. The van der Waals surface area contributed by atoms with Crippen LogP contribution in [0.1, 0.15) is 19.3 Å². The van der Waals surface area contributed by atoms with E-state index in [4.69, 9.17) is 5.73 Å². The van der Waals surface area contributed by atoms with Crippen molar-refractivity contribution in [2.75, 3.05) is 5.32 Å². The largest absolute Gasteiger partial charge is 0.328 e. The number of anilines is 1. The van der Waals surface area contributed by atoms with Crippen LogP contribution in [0.4, 0.5) is 5.69 Å². The van der Waals surface area contributed by atoms with Crippen LogP contribution in [-0.4, -0.2) is 32.2 Å². The summed E-state index contributed by atoms with van der Waals surface area (Å²) in [7, 11) is 0. The van der Waals surface area contributed by atoms with Crippen LogP contribution in [0.2, 0.25) is 0 Å². The minimum absolute atomic E-state index is 0.0317. The third-order valence-corrected chi connectivity index (χ3v) is 3.59. The van der Waals surface area contributed by atoms with Crippen LogP contribution in [0.3, 0.4) is 0 Å². The number of nitrogens with one attached hydrogen (secondary N) is 1. The zero-order chi connectivity index (χ0) is 13.9. The van der Waals surface area contributed by atoms with Crippen molar-refractivity contribution in [1.82, 2.24) is 20.2 Å². The van der Waals surface area contributed by atoms with E-state index in [0.29, 0.717) is 0 Å². The molecule has 1 saturated carbocycles. The van der Waals surface area contributed by atoms with Crippen molar-refractivity contribution < 1.29 is 4.79 Å². The van der Waals surface area contributed by atoms with E-state index in [9.17, 15) is 4.79 Å². The van der Waals surface area contributed by atoms with Crippen molar-refractivity contribution in [1.29, 1.82) is 0 Å². The maximum atomic E-state index is 12.1. The summed E-state index contributed by atoms with van der Waals surface area (Å²) < 4.78 is 1.56. The number of hydrogen-bond acceptors (Lipinski definition) is 5. The number of amides is 1. The van der Waals surface area contributed by atoms with Crippen molar-refractivity contribution in [3.63, 3.8) is 0 Å². The molecule has 1 heterocycles. The van der Waals surface area contributed by atoms with E-state index in [1.54, 1.807) is 4.68 Å². The Kier molecular flexibility index (Phi) is 3.42. The topological polar surface area (TPSA) is 98.7 Å². The lowest BCUT2D eigenvalue weighted by Gasteiger charge is -2.11. The molecule has 1 aromatic carbocycles. The lowest BCUT2D eigenvalue weighted by molar-refractivity contribution is -0.119. The third kappa shape index (κ3) is 2.67. The van der Waals surface area contributed by atoms with Crippen LogP contribution in [0, 0.1) is 5.92 Å². The van der Waals surface area contributed by atoms with Gasteiger partial charge in [0.1, 0.15) is 6.33 Å². The van der Waals surface area contributed by atoms with Crippen molar-refractivity contribution in [2.45, 2.75) is 25.3 Å². The van der Waals surface area contributed by atoms with E-state index >= 15 is 0 Å². The first-order valence-electron chi connectivity index (χ1n) is 6.62. The van der Waals surface area contributed by atoms with Crippen molar-refractivity contribution in [2.24, 2.45) is 11.7 Å². The lowest BCUT2D eigenvalue weighted by atomic mass is 10.1. The number of benzene rings is 1. The number of tetrazole rings is 1. The minimum Gasteiger partial charge on any atom is -0.328 e. The molecule has 3 rings (SSSR count). The quantitative estimate of drug-likeness (QED) is 0.858. The average molecular weight is 272 g/mol. The fraction of sp³-hybridized carbons (Fsp3) is 0.385. The van der Waals surface area contributed by atoms with Gasteiger partial charge in [-0.15, -0.1) is 5.10 Å². The molecule has 7 heteroatoms. The number of carbonyl (C=O) groups excluding carboxylic acids is 1. The Bertz CT molecular complexity index is 579. The second-order valence-corrected chi connectivity index (χ2v) is 5.06. The highest BCUT2D eigenvalue weighted by Crippen LogP contribution is 2.25. The highest BCUT2D eigenvalue weighted by molar-refractivity contribution is 5.92. The summed E-state index contributed by atoms with van der Waals surface area (Å²) in [4.78, 5) is 12.1. The molecule has 1 aromatic heterocycles. The average Bonchev–Trinajstić information content (AvgIpc) is 3.10. The predicted molar refractivity (Wildman–Crippen MR) is 73.1 cm³/mol. The Morgan fingerprint density at radius 3 is 2.70 bits per heavy atom. The van der Waals surface area contributed by atoms with Gasteiger partial charge in [0.25, 0.3) is 0 Å². The van der Waals surface area contributed by atoms with Gasteiger partial charge in [0.15, 0.2) is 0 Å². The van der Waals surface area contributed by atoms with Gasteiger partial charge < -0.3 is 11.1 Å². The summed E-state index contributed by atoms with van der Waals surface area (Å²) in [5.41, 5.74) is 7.44. The molecule has 1 aliphatic rings. The molecule has 0 saturated heterocycles. The normalized spacial score (nSPS) is 21.9. The minimum atomic E-state index is 0.0317. The first kappa shape index (κ1) is 12.7. The molecule has 1 aliphatic carbocycles. The fourth-order valence-corrected chi connectivity index (χ4v) is 2.48. The summed E-state index contributed by atoms with van der Waals surface area (Å²) >= 11 is 0. The summed E-state index contributed by atoms with van der Waals surface area (Å²) in [6.07, 6.45) is 4.09. The Balaban J connectivity index is 1.65. The third-order valence-electron chi connectivity index (χ3n) is 3.59. The van der Waals surface area contributed by atoms with Crippen LogP contribution < -0.4 is 11.1 Å². The van der Waals surface area contributed by atoms with E-state index < -0.39 is 0 Å². The van der Waals surface area contributed by atoms with E-state index in [2.05, 4.69) is 20.8 Å². The summed E-state index contributed by atoms with van der Waals surface area (Å²) in [5.74, 6) is 0.0808. The Labute approximate surface area is 116 Å². The number of aromatic nitrogens is 4. The van der Waals surface area contributed by atoms with Gasteiger partial charge in [-0.25, -0.2) is 4.68 Å². The summed E-state index contributed by atoms with van der Waals surface area (Å²) in [6, 6.07) is 7.54. The Morgan fingerprint density at radius 2 is 2.10 bits per heavy atom. The fourth-order valence-electron chi connectivity index (χ4n) is 2.48. The van der Waals surface area contributed by atoms with Crippen molar-refractivity contribution in [3.8, 4) is 5.69 Å². The maximum absolute atomic E-state index is 12.1. The smallest absolute Gasteiger partial charge is 0.227 e. The molecular formula is C13H16N6O. The van der Waals surface area contributed by atoms with Crippen LogP contribution >= 0.6 is 0 Å². The molecular weight excluding hydrogens is 256 g/mol. The molecule has 104 valence electrons. The van der Waals surface area contributed by atoms with Gasteiger partial charge in [0, 0.05) is 17.6 Å². The lowest BCUT2D eigenvalue weighted by Crippen LogP contribution is -2.23. The van der Waals surface area contributed by atoms with Crippen molar-refractivity contribution in [3.05, 3.63) is 30.6 Å². The van der Waals surface area contributed by atoms with Crippen LogP contribution in [0.5, 0.6) is 0 Å². The number of hydrogen-bond donors (Lipinski definition) is 2. The van der Waals surface area contributed by atoms with Gasteiger partial charge >= 0.3 is 0 Å². The van der Waals surface area contributed by atoms with E-state index in [0.717, 1.165) is 30.6 Å². The summed E-state index contributed by atoms with van der Waals surface area (Å²) in [5, 5.41) is 13.9. The van der Waals surface area contributed by atoms with E-state index in [1.807, 2.05) is 24.3 Å². The van der Waals surface area contributed by atoms with E-state index in [1.165, 1.54) is 6.33 Å². The van der Waals surface area contributed by atoms with Gasteiger partial charge in [-0.1, -0.05) is 0 Å². The summed E-state index contributed by atoms with van der Waals surface area (Å²) in [6.45, 7) is 0. The van der Waals surface area contributed by atoms with Crippen LogP contribution in [-0.2, 0) is 4.79 Å². The molecule has 7 nitrogen and oxygen atoms in total. The van der Waals surface area contributed by atoms with Gasteiger partial charge in [0.05, 0.1) is 5.69 Å². The van der Waals surface area contributed by atoms with Gasteiger partial charge in [-0.05, 0) is 54.0 Å². The zero-order valence-electron chi connectivity index (χ0n) is 10.9. The highest BCUT2D eigenvalue weighted by atomic mass is 16.1. The molecule has 2 atom stereocenters. The SMILES string of the molecule is NC1CCC(C(=O)Nc2ccc(-n3cnnn3)cc2)C1. The number of carbonyl (C=O) groups is 1. The molecule has 1 amide bonds. The molecule has 1 fully saturated rings. The van der Waals surface area contributed by atoms with Crippen LogP contribution in [0.25, 0.3) is 5.69 Å². The Morgan fingerprint density at radius 1 is 1.30 bits per heavy atom. The van der Waals surface area contributed by atoms with Gasteiger partial charge in [0.2, 0.25) is 5.91 Å². The molecule has 20 heavy (non-hydrogen) atoms. The maximum Gasteiger partial charge on any atom is 0.227 e. The molecule has 0 aliphatic heterocycles. The molecule has 0 bridgehead atoms. The molecule has 3 N–H and O–H groups in total. The Hall–Kier alpha value is -2.28. The number of rotatable bonds is 3. The first-order valence-corrected chi connectivity index (χ1v) is 6.62. The molecule has 2 aromatic rings. The first-order chi connectivity index (χ1) is 9.72. The second kappa shape index (κ2) is 5.38.